The van der Waals surface area contributed by atoms with Gasteiger partial charge in [0.25, 0.3) is 0 Å². The summed E-state index contributed by atoms with van der Waals surface area (Å²) in [7, 11) is 0. The smallest absolute Gasteiger partial charge is 0.305 e. The Kier molecular flexibility index (Phi) is 3.64. The molecule has 0 aliphatic carbocycles. The Morgan fingerprint density at radius 3 is 2.86 bits per heavy atom. The number of carbonyl (C=O) groups is 1. The molecule has 1 rings (SSSR count). The monoisotopic (exact) mass is 307 g/mol. The maximum atomic E-state index is 10.4. The van der Waals surface area contributed by atoms with E-state index >= 15 is 0 Å². The average molecular weight is 307 g/mol. The van der Waals surface area contributed by atoms with Crippen molar-refractivity contribution in [2.75, 3.05) is 5.73 Å². The molecule has 1 aromatic heterocycles. The largest absolute Gasteiger partial charge is 0.481 e. The van der Waals surface area contributed by atoms with E-state index in [4.69, 9.17) is 16.6 Å². The van der Waals surface area contributed by atoms with Crippen LogP contribution in [-0.2, 0) is 4.79 Å². The first-order valence-electron chi connectivity index (χ1n) is 3.89. The van der Waals surface area contributed by atoms with Crippen LogP contribution in [0.25, 0.3) is 0 Å². The Morgan fingerprint density at radius 1 is 1.71 bits per heavy atom. The van der Waals surface area contributed by atoms with Crippen molar-refractivity contribution in [2.45, 2.75) is 12.5 Å². The molecule has 0 spiro atoms. The summed E-state index contributed by atoms with van der Waals surface area (Å²) in [6.45, 7) is 0. The maximum Gasteiger partial charge on any atom is 0.305 e. The lowest BCUT2D eigenvalue weighted by Crippen LogP contribution is -2.15. The normalized spacial score (nSPS) is 12.4. The third kappa shape index (κ3) is 2.81. The topological polar surface area (TPSA) is 102 Å². The number of carboxylic acids is 1. The lowest BCUT2D eigenvalue weighted by molar-refractivity contribution is -0.137. The molecular formula is C8H10IN3O2. The molecule has 0 bridgehead atoms. The SMILES string of the molecule is Nc1ncc([C@@H](N)CC(=O)O)cc1I. The van der Waals surface area contributed by atoms with Gasteiger partial charge in [0.2, 0.25) is 0 Å². The molecule has 14 heavy (non-hydrogen) atoms. The van der Waals surface area contributed by atoms with Crippen LogP contribution >= 0.6 is 22.6 Å². The van der Waals surface area contributed by atoms with Gasteiger partial charge in [-0.2, -0.15) is 0 Å². The van der Waals surface area contributed by atoms with E-state index in [1.54, 1.807) is 6.07 Å². The van der Waals surface area contributed by atoms with E-state index in [-0.39, 0.29) is 6.42 Å². The number of nitrogens with zero attached hydrogens (tertiary/aromatic N) is 1. The highest BCUT2D eigenvalue weighted by atomic mass is 127. The molecule has 0 aliphatic rings. The van der Waals surface area contributed by atoms with Gasteiger partial charge in [-0.15, -0.1) is 0 Å². The van der Waals surface area contributed by atoms with Gasteiger partial charge in [-0.05, 0) is 34.2 Å². The number of hydrogen-bond acceptors (Lipinski definition) is 4. The summed E-state index contributed by atoms with van der Waals surface area (Å²) in [5.74, 6) is -0.499. The molecule has 76 valence electrons. The standard InChI is InChI=1S/C8H10IN3O2/c9-5-1-4(3-12-8(5)11)6(10)2-7(13)14/h1,3,6H,2,10H2,(H2,11,12)(H,13,14)/t6-/m0/s1. The van der Waals surface area contributed by atoms with Crippen molar-refractivity contribution in [1.82, 2.24) is 4.98 Å². The van der Waals surface area contributed by atoms with Gasteiger partial charge in [-0.1, -0.05) is 0 Å². The van der Waals surface area contributed by atoms with Crippen molar-refractivity contribution in [3.8, 4) is 0 Å². The predicted octanol–water partition coefficient (Wildman–Crippen LogP) is 0.743. The number of aromatic nitrogens is 1. The van der Waals surface area contributed by atoms with E-state index in [0.717, 1.165) is 3.57 Å². The first kappa shape index (κ1) is 11.2. The summed E-state index contributed by atoms with van der Waals surface area (Å²) < 4.78 is 0.779. The van der Waals surface area contributed by atoms with E-state index in [1.165, 1.54) is 6.20 Å². The Labute approximate surface area is 94.6 Å². The Bertz CT molecular complexity index is 356. The zero-order valence-electron chi connectivity index (χ0n) is 7.27. The van der Waals surface area contributed by atoms with Crippen LogP contribution in [0.15, 0.2) is 12.3 Å². The minimum atomic E-state index is -0.927. The van der Waals surface area contributed by atoms with Crippen LogP contribution in [0, 0.1) is 3.57 Å². The lowest BCUT2D eigenvalue weighted by Gasteiger charge is -2.09. The van der Waals surface area contributed by atoms with Crippen molar-refractivity contribution < 1.29 is 9.90 Å². The third-order valence-corrected chi connectivity index (χ3v) is 2.58. The number of hydrogen-bond donors (Lipinski definition) is 3. The van der Waals surface area contributed by atoms with Crippen LogP contribution in [0.3, 0.4) is 0 Å². The van der Waals surface area contributed by atoms with Gasteiger partial charge in [0.1, 0.15) is 5.82 Å². The Morgan fingerprint density at radius 2 is 2.36 bits per heavy atom. The molecule has 6 heteroatoms. The second-order valence-electron chi connectivity index (χ2n) is 2.84. The van der Waals surface area contributed by atoms with Crippen molar-refractivity contribution >= 4 is 34.4 Å². The molecular weight excluding hydrogens is 297 g/mol. The lowest BCUT2D eigenvalue weighted by atomic mass is 10.1. The van der Waals surface area contributed by atoms with Gasteiger partial charge < -0.3 is 16.6 Å². The molecule has 5 N–H and O–H groups in total. The van der Waals surface area contributed by atoms with Crippen LogP contribution in [0.1, 0.15) is 18.0 Å². The zero-order chi connectivity index (χ0) is 10.7. The van der Waals surface area contributed by atoms with Crippen LogP contribution in [0.4, 0.5) is 5.82 Å². The van der Waals surface area contributed by atoms with Crippen LogP contribution < -0.4 is 11.5 Å². The Balaban J connectivity index is 2.85. The van der Waals surface area contributed by atoms with E-state index < -0.39 is 12.0 Å². The molecule has 0 saturated carbocycles. The summed E-state index contributed by atoms with van der Waals surface area (Å²) in [6, 6.07) is 1.21. The quantitative estimate of drug-likeness (QED) is 0.715. The Hall–Kier alpha value is -0.890. The van der Waals surface area contributed by atoms with Gasteiger partial charge >= 0.3 is 5.97 Å². The molecule has 0 unspecified atom stereocenters. The van der Waals surface area contributed by atoms with Gasteiger partial charge in [-0.25, -0.2) is 4.98 Å². The molecule has 1 aromatic rings. The maximum absolute atomic E-state index is 10.4. The number of nitrogens with two attached hydrogens (primary N) is 2. The van der Waals surface area contributed by atoms with E-state index in [0.29, 0.717) is 11.4 Å². The molecule has 0 amide bonds. The van der Waals surface area contributed by atoms with Crippen molar-refractivity contribution in [2.24, 2.45) is 5.73 Å². The molecule has 0 aliphatic heterocycles. The summed E-state index contributed by atoms with van der Waals surface area (Å²) in [4.78, 5) is 14.3. The second kappa shape index (κ2) is 4.56. The fourth-order valence-electron chi connectivity index (χ4n) is 0.972. The van der Waals surface area contributed by atoms with Gasteiger partial charge in [0.05, 0.1) is 9.99 Å². The van der Waals surface area contributed by atoms with Crippen molar-refractivity contribution in [3.05, 3.63) is 21.4 Å². The fraction of sp³-hybridized carbons (Fsp3) is 0.250. The molecule has 1 heterocycles. The highest BCUT2D eigenvalue weighted by Gasteiger charge is 2.11. The first-order chi connectivity index (χ1) is 6.50. The summed E-state index contributed by atoms with van der Waals surface area (Å²) in [5, 5.41) is 8.54. The highest BCUT2D eigenvalue weighted by Crippen LogP contribution is 2.19. The van der Waals surface area contributed by atoms with E-state index in [1.807, 2.05) is 22.6 Å². The van der Waals surface area contributed by atoms with Gasteiger partial charge in [0, 0.05) is 12.2 Å². The zero-order valence-corrected chi connectivity index (χ0v) is 9.43. The molecule has 0 aromatic carbocycles. The molecule has 1 atom stereocenters. The molecule has 0 radical (unpaired) electrons. The summed E-state index contributed by atoms with van der Waals surface area (Å²) >= 11 is 2.03. The second-order valence-corrected chi connectivity index (χ2v) is 4.00. The third-order valence-electron chi connectivity index (χ3n) is 1.71. The summed E-state index contributed by atoms with van der Waals surface area (Å²) in [6.07, 6.45) is 1.40. The van der Waals surface area contributed by atoms with Crippen LogP contribution in [0.2, 0.25) is 0 Å². The first-order valence-corrected chi connectivity index (χ1v) is 4.97. The predicted molar refractivity (Wildman–Crippen MR) is 60.5 cm³/mol. The van der Waals surface area contributed by atoms with Crippen molar-refractivity contribution in [1.29, 1.82) is 0 Å². The molecule has 0 fully saturated rings. The number of anilines is 1. The van der Waals surface area contributed by atoms with E-state index in [2.05, 4.69) is 4.98 Å². The number of rotatable bonds is 3. The average Bonchev–Trinajstić information content (AvgIpc) is 2.08. The molecule has 5 nitrogen and oxygen atoms in total. The van der Waals surface area contributed by atoms with Crippen LogP contribution in [0.5, 0.6) is 0 Å². The van der Waals surface area contributed by atoms with Gasteiger partial charge in [0.15, 0.2) is 0 Å². The molecule has 0 saturated heterocycles. The number of aliphatic carboxylic acids is 1. The number of nitrogen functional groups attached to an aromatic ring is 1. The highest BCUT2D eigenvalue weighted by molar-refractivity contribution is 14.1. The number of carboxylic acid groups (broad SMARTS) is 1. The minimum absolute atomic E-state index is 0.109. The number of pyridine rings is 1. The fourth-order valence-corrected chi connectivity index (χ4v) is 1.47. The van der Waals surface area contributed by atoms with Gasteiger partial charge in [-0.3, -0.25) is 4.79 Å². The van der Waals surface area contributed by atoms with Crippen LogP contribution in [-0.4, -0.2) is 16.1 Å². The summed E-state index contributed by atoms with van der Waals surface area (Å²) in [5.41, 5.74) is 11.9. The van der Waals surface area contributed by atoms with Crippen molar-refractivity contribution in [3.63, 3.8) is 0 Å². The van der Waals surface area contributed by atoms with E-state index in [9.17, 15) is 4.79 Å². The minimum Gasteiger partial charge on any atom is -0.481 e. The number of halogens is 1.